The summed E-state index contributed by atoms with van der Waals surface area (Å²) in [6.07, 6.45) is 5.88. The van der Waals surface area contributed by atoms with Crippen molar-refractivity contribution in [3.8, 4) is 0 Å². The molecule has 1 saturated heterocycles. The van der Waals surface area contributed by atoms with E-state index >= 15 is 0 Å². The Labute approximate surface area is 117 Å². The first-order valence-corrected chi connectivity index (χ1v) is 7.63. The van der Waals surface area contributed by atoms with Crippen LogP contribution in [-0.2, 0) is 6.54 Å². The minimum atomic E-state index is -0.192. The summed E-state index contributed by atoms with van der Waals surface area (Å²) < 4.78 is 0. The van der Waals surface area contributed by atoms with Gasteiger partial charge >= 0.3 is 0 Å². The van der Waals surface area contributed by atoms with Gasteiger partial charge in [0.2, 0.25) is 0 Å². The van der Waals surface area contributed by atoms with Crippen molar-refractivity contribution in [2.45, 2.75) is 64.6 Å². The van der Waals surface area contributed by atoms with Gasteiger partial charge in [-0.2, -0.15) is 0 Å². The molecule has 0 aromatic heterocycles. The molecule has 2 rings (SSSR count). The molecule has 1 aliphatic rings. The average molecular weight is 261 g/mol. The smallest absolute Gasteiger partial charge is 0.0527 e. The Bertz CT molecular complexity index is 389. The van der Waals surface area contributed by atoms with Crippen molar-refractivity contribution in [2.75, 3.05) is 6.54 Å². The summed E-state index contributed by atoms with van der Waals surface area (Å²) in [5.74, 6) is 0. The van der Waals surface area contributed by atoms with Crippen LogP contribution in [0.5, 0.6) is 0 Å². The third kappa shape index (κ3) is 4.32. The normalized spacial score (nSPS) is 23.0. The quantitative estimate of drug-likeness (QED) is 0.896. The van der Waals surface area contributed by atoms with E-state index < -0.39 is 0 Å². The Kier molecular flexibility index (Phi) is 5.41. The van der Waals surface area contributed by atoms with Crippen molar-refractivity contribution >= 4 is 0 Å². The Morgan fingerprint density at radius 1 is 1.26 bits per heavy atom. The highest BCUT2D eigenvalue weighted by Gasteiger charge is 2.22. The first-order chi connectivity index (χ1) is 9.16. The van der Waals surface area contributed by atoms with E-state index in [4.69, 9.17) is 0 Å². The minimum absolute atomic E-state index is 0.192. The molecule has 1 aliphatic heterocycles. The Morgan fingerprint density at radius 3 is 2.79 bits per heavy atom. The predicted molar refractivity (Wildman–Crippen MR) is 80.1 cm³/mol. The molecule has 1 N–H and O–H groups in total. The zero-order valence-corrected chi connectivity index (χ0v) is 12.3. The summed E-state index contributed by atoms with van der Waals surface area (Å²) in [4.78, 5) is 2.59. The molecule has 0 spiro atoms. The third-order valence-corrected chi connectivity index (χ3v) is 4.25. The maximum Gasteiger partial charge on any atom is 0.0527 e. The van der Waals surface area contributed by atoms with Crippen LogP contribution in [0.3, 0.4) is 0 Å². The molecule has 0 aliphatic carbocycles. The fourth-order valence-corrected chi connectivity index (χ4v) is 3.11. The minimum Gasteiger partial charge on any atom is -0.393 e. The van der Waals surface area contributed by atoms with Gasteiger partial charge in [0, 0.05) is 12.6 Å². The van der Waals surface area contributed by atoms with E-state index in [2.05, 4.69) is 36.1 Å². The van der Waals surface area contributed by atoms with Crippen molar-refractivity contribution in [1.82, 2.24) is 4.90 Å². The van der Waals surface area contributed by atoms with Gasteiger partial charge in [-0.3, -0.25) is 4.90 Å². The lowest BCUT2D eigenvalue weighted by Crippen LogP contribution is -2.36. The maximum absolute atomic E-state index is 9.71. The molecule has 2 heteroatoms. The van der Waals surface area contributed by atoms with Crippen molar-refractivity contribution in [3.63, 3.8) is 0 Å². The number of benzene rings is 1. The van der Waals surface area contributed by atoms with E-state index in [-0.39, 0.29) is 6.10 Å². The molecule has 1 aromatic rings. The second-order valence-corrected chi connectivity index (χ2v) is 5.98. The van der Waals surface area contributed by atoms with E-state index in [1.807, 2.05) is 6.92 Å². The van der Waals surface area contributed by atoms with E-state index in [1.165, 1.54) is 43.4 Å². The average Bonchev–Trinajstić information content (AvgIpc) is 2.58. The van der Waals surface area contributed by atoms with E-state index in [1.54, 1.807) is 0 Å². The zero-order chi connectivity index (χ0) is 13.7. The van der Waals surface area contributed by atoms with E-state index in [0.717, 1.165) is 13.0 Å². The second-order valence-electron chi connectivity index (χ2n) is 5.98. The Hall–Kier alpha value is -0.860. The zero-order valence-electron chi connectivity index (χ0n) is 12.3. The summed E-state index contributed by atoms with van der Waals surface area (Å²) in [7, 11) is 0. The molecular formula is C17H27NO. The molecule has 1 aromatic carbocycles. The Morgan fingerprint density at radius 2 is 2.05 bits per heavy atom. The number of aliphatic hydroxyl groups excluding tert-OH is 1. The lowest BCUT2D eigenvalue weighted by atomic mass is 10.0. The van der Waals surface area contributed by atoms with Crippen LogP contribution in [0.15, 0.2) is 24.3 Å². The van der Waals surface area contributed by atoms with Gasteiger partial charge in [-0.15, -0.1) is 0 Å². The first-order valence-electron chi connectivity index (χ1n) is 7.63. The van der Waals surface area contributed by atoms with Crippen molar-refractivity contribution < 1.29 is 5.11 Å². The van der Waals surface area contributed by atoms with Crippen molar-refractivity contribution in [3.05, 3.63) is 35.4 Å². The van der Waals surface area contributed by atoms with E-state index in [0.29, 0.717) is 6.04 Å². The summed E-state index contributed by atoms with van der Waals surface area (Å²) in [5, 5.41) is 9.71. The molecule has 0 saturated carbocycles. The van der Waals surface area contributed by atoms with Crippen LogP contribution in [0.2, 0.25) is 0 Å². The molecule has 19 heavy (non-hydrogen) atoms. The lowest BCUT2D eigenvalue weighted by Gasteiger charge is -2.31. The SMILES string of the molecule is Cc1ccccc1CN1CCCCCC1CC(C)O. The van der Waals surface area contributed by atoms with Crippen LogP contribution in [0.1, 0.15) is 50.2 Å². The van der Waals surface area contributed by atoms with Gasteiger partial charge in [0.05, 0.1) is 6.10 Å². The molecule has 1 fully saturated rings. The number of aryl methyl sites for hydroxylation is 1. The number of hydrogen-bond donors (Lipinski definition) is 1. The van der Waals surface area contributed by atoms with Crippen LogP contribution >= 0.6 is 0 Å². The molecule has 0 amide bonds. The molecule has 106 valence electrons. The fraction of sp³-hybridized carbons (Fsp3) is 0.647. The highest BCUT2D eigenvalue weighted by molar-refractivity contribution is 5.25. The van der Waals surface area contributed by atoms with Gasteiger partial charge in [-0.05, 0) is 50.8 Å². The monoisotopic (exact) mass is 261 g/mol. The Balaban J connectivity index is 2.07. The summed E-state index contributed by atoms with van der Waals surface area (Å²) >= 11 is 0. The number of hydrogen-bond acceptors (Lipinski definition) is 2. The molecule has 0 radical (unpaired) electrons. The molecule has 2 nitrogen and oxygen atoms in total. The van der Waals surface area contributed by atoms with Crippen LogP contribution in [0.4, 0.5) is 0 Å². The van der Waals surface area contributed by atoms with Gasteiger partial charge in [0.25, 0.3) is 0 Å². The number of aliphatic hydroxyl groups is 1. The van der Waals surface area contributed by atoms with Gasteiger partial charge < -0.3 is 5.11 Å². The van der Waals surface area contributed by atoms with Crippen LogP contribution in [0.25, 0.3) is 0 Å². The lowest BCUT2D eigenvalue weighted by molar-refractivity contribution is 0.108. The molecule has 1 heterocycles. The third-order valence-electron chi connectivity index (χ3n) is 4.25. The van der Waals surface area contributed by atoms with E-state index in [9.17, 15) is 5.11 Å². The number of nitrogens with zero attached hydrogens (tertiary/aromatic N) is 1. The second kappa shape index (κ2) is 7.06. The number of rotatable bonds is 4. The predicted octanol–water partition coefficient (Wildman–Crippen LogP) is 3.51. The summed E-state index contributed by atoms with van der Waals surface area (Å²) in [6.45, 7) is 6.31. The topological polar surface area (TPSA) is 23.5 Å². The molecular weight excluding hydrogens is 234 g/mol. The van der Waals surface area contributed by atoms with Crippen molar-refractivity contribution in [2.24, 2.45) is 0 Å². The standard InChI is InChI=1S/C17H27NO/c1-14-8-5-6-9-16(14)13-18-11-7-3-4-10-17(18)12-15(2)19/h5-6,8-9,15,17,19H,3-4,7,10-13H2,1-2H3. The van der Waals surface area contributed by atoms with Crippen LogP contribution < -0.4 is 0 Å². The van der Waals surface area contributed by atoms with Gasteiger partial charge in [0.1, 0.15) is 0 Å². The first kappa shape index (κ1) is 14.5. The maximum atomic E-state index is 9.71. The van der Waals surface area contributed by atoms with Crippen LogP contribution in [0, 0.1) is 6.92 Å². The summed E-state index contributed by atoms with van der Waals surface area (Å²) in [6, 6.07) is 9.21. The summed E-state index contributed by atoms with van der Waals surface area (Å²) in [5.41, 5.74) is 2.81. The molecule has 2 atom stereocenters. The fourth-order valence-electron chi connectivity index (χ4n) is 3.11. The number of likely N-dealkylation sites (tertiary alicyclic amines) is 1. The highest BCUT2D eigenvalue weighted by atomic mass is 16.3. The van der Waals surface area contributed by atoms with Crippen molar-refractivity contribution in [1.29, 1.82) is 0 Å². The highest BCUT2D eigenvalue weighted by Crippen LogP contribution is 2.23. The molecule has 2 unspecified atom stereocenters. The van der Waals surface area contributed by atoms with Gasteiger partial charge in [-0.1, -0.05) is 37.1 Å². The molecule has 0 bridgehead atoms. The van der Waals surface area contributed by atoms with Gasteiger partial charge in [0.15, 0.2) is 0 Å². The van der Waals surface area contributed by atoms with Gasteiger partial charge in [-0.25, -0.2) is 0 Å². The van der Waals surface area contributed by atoms with Crippen LogP contribution in [-0.4, -0.2) is 28.7 Å². The largest absolute Gasteiger partial charge is 0.393 e.